The minimum absolute atomic E-state index is 0.000673. The second-order valence-electron chi connectivity index (χ2n) is 7.20. The number of rotatable bonds is 4. The van der Waals surface area contributed by atoms with Crippen molar-refractivity contribution in [2.24, 2.45) is 5.92 Å². The lowest BCUT2D eigenvalue weighted by Crippen LogP contribution is -2.45. The van der Waals surface area contributed by atoms with Crippen LogP contribution in [0, 0.1) is 5.92 Å². The monoisotopic (exact) mass is 373 g/mol. The predicted octanol–water partition coefficient (Wildman–Crippen LogP) is 3.40. The highest BCUT2D eigenvalue weighted by Crippen LogP contribution is 2.23. The standard InChI is InChI=1S/C23H23N3O2/c27-22(25-15-17-6-4-12-24-14-17)19-9-5-13-26(16-19)23(28)21-11-3-8-18-7-1-2-10-20(18)21/h1-4,6-8,10-12,14,19H,5,9,13,15-16H2,(H,25,27). The number of benzene rings is 2. The average Bonchev–Trinajstić information content (AvgIpc) is 2.77. The van der Waals surface area contributed by atoms with Crippen molar-refractivity contribution in [2.45, 2.75) is 19.4 Å². The number of amides is 2. The molecule has 1 fully saturated rings. The number of hydrogen-bond acceptors (Lipinski definition) is 3. The Balaban J connectivity index is 1.44. The van der Waals surface area contributed by atoms with E-state index in [1.54, 1.807) is 12.4 Å². The number of piperidine rings is 1. The fourth-order valence-corrected chi connectivity index (χ4v) is 3.79. The van der Waals surface area contributed by atoms with Gasteiger partial charge in [-0.1, -0.05) is 42.5 Å². The van der Waals surface area contributed by atoms with Crippen LogP contribution >= 0.6 is 0 Å². The second kappa shape index (κ2) is 8.21. The lowest BCUT2D eigenvalue weighted by atomic mass is 9.95. The summed E-state index contributed by atoms with van der Waals surface area (Å²) in [5, 5.41) is 4.99. The molecule has 0 aliphatic carbocycles. The number of fused-ring (bicyclic) bond motifs is 1. The zero-order valence-corrected chi connectivity index (χ0v) is 15.7. The Morgan fingerprint density at radius 1 is 1.07 bits per heavy atom. The van der Waals surface area contributed by atoms with Gasteiger partial charge in [-0.15, -0.1) is 0 Å². The van der Waals surface area contributed by atoms with Gasteiger partial charge in [0.1, 0.15) is 0 Å². The summed E-state index contributed by atoms with van der Waals surface area (Å²) in [7, 11) is 0. The molecule has 1 aliphatic rings. The first-order valence-corrected chi connectivity index (χ1v) is 9.66. The lowest BCUT2D eigenvalue weighted by molar-refractivity contribution is -0.126. The van der Waals surface area contributed by atoms with Crippen LogP contribution in [0.5, 0.6) is 0 Å². The van der Waals surface area contributed by atoms with Crippen LogP contribution in [0.3, 0.4) is 0 Å². The predicted molar refractivity (Wildman–Crippen MR) is 109 cm³/mol. The number of carbonyl (C=O) groups is 2. The molecule has 4 rings (SSSR count). The lowest BCUT2D eigenvalue weighted by Gasteiger charge is -2.32. The first kappa shape index (κ1) is 18.2. The molecular weight excluding hydrogens is 350 g/mol. The minimum atomic E-state index is -0.177. The third kappa shape index (κ3) is 3.88. The number of aromatic nitrogens is 1. The summed E-state index contributed by atoms with van der Waals surface area (Å²) in [6, 6.07) is 17.5. The van der Waals surface area contributed by atoms with E-state index >= 15 is 0 Å². The molecule has 1 N–H and O–H groups in total. The number of nitrogens with zero attached hydrogens (tertiary/aromatic N) is 2. The van der Waals surface area contributed by atoms with E-state index in [0.29, 0.717) is 25.2 Å². The quantitative estimate of drug-likeness (QED) is 0.762. The Hall–Kier alpha value is -3.21. The van der Waals surface area contributed by atoms with Gasteiger partial charge in [0.05, 0.1) is 5.92 Å². The molecule has 0 radical (unpaired) electrons. The van der Waals surface area contributed by atoms with E-state index in [2.05, 4.69) is 10.3 Å². The summed E-state index contributed by atoms with van der Waals surface area (Å²) < 4.78 is 0. The van der Waals surface area contributed by atoms with E-state index in [-0.39, 0.29) is 17.7 Å². The molecule has 1 unspecified atom stereocenters. The molecule has 0 bridgehead atoms. The van der Waals surface area contributed by atoms with Crippen LogP contribution in [0.2, 0.25) is 0 Å². The number of nitrogens with one attached hydrogen (secondary N) is 1. The summed E-state index contributed by atoms with van der Waals surface area (Å²) >= 11 is 0. The Bertz CT molecular complexity index is 982. The van der Waals surface area contributed by atoms with Crippen molar-refractivity contribution in [3.8, 4) is 0 Å². The number of carbonyl (C=O) groups excluding carboxylic acids is 2. The van der Waals surface area contributed by atoms with Crippen molar-refractivity contribution in [2.75, 3.05) is 13.1 Å². The molecule has 142 valence electrons. The van der Waals surface area contributed by atoms with Gasteiger partial charge in [-0.25, -0.2) is 0 Å². The maximum atomic E-state index is 13.1. The molecule has 1 aliphatic heterocycles. The van der Waals surface area contributed by atoms with Crippen LogP contribution in [0.15, 0.2) is 67.0 Å². The Labute approximate surface area is 164 Å². The first-order valence-electron chi connectivity index (χ1n) is 9.66. The van der Waals surface area contributed by atoms with Crippen LogP contribution in [-0.2, 0) is 11.3 Å². The first-order chi connectivity index (χ1) is 13.7. The van der Waals surface area contributed by atoms with Crippen LogP contribution in [0.4, 0.5) is 0 Å². The molecule has 2 heterocycles. The normalized spacial score (nSPS) is 16.7. The van der Waals surface area contributed by atoms with Gasteiger partial charge < -0.3 is 10.2 Å². The molecule has 2 aromatic carbocycles. The van der Waals surface area contributed by atoms with Crippen molar-refractivity contribution < 1.29 is 9.59 Å². The highest BCUT2D eigenvalue weighted by Gasteiger charge is 2.29. The van der Waals surface area contributed by atoms with E-state index in [1.807, 2.05) is 59.5 Å². The molecule has 1 atom stereocenters. The minimum Gasteiger partial charge on any atom is -0.352 e. The van der Waals surface area contributed by atoms with Crippen molar-refractivity contribution in [3.05, 3.63) is 78.1 Å². The number of pyridine rings is 1. The second-order valence-corrected chi connectivity index (χ2v) is 7.20. The summed E-state index contributed by atoms with van der Waals surface area (Å²) in [6.45, 7) is 1.61. The SMILES string of the molecule is O=C(NCc1cccnc1)C1CCCN(C(=O)c2cccc3ccccc23)C1. The van der Waals surface area contributed by atoms with Crippen LogP contribution < -0.4 is 5.32 Å². The van der Waals surface area contributed by atoms with Gasteiger partial charge in [0, 0.05) is 37.6 Å². The van der Waals surface area contributed by atoms with Gasteiger partial charge in [-0.2, -0.15) is 0 Å². The molecule has 28 heavy (non-hydrogen) atoms. The fourth-order valence-electron chi connectivity index (χ4n) is 3.79. The average molecular weight is 373 g/mol. The molecular formula is C23H23N3O2. The largest absolute Gasteiger partial charge is 0.352 e. The topological polar surface area (TPSA) is 62.3 Å². The van der Waals surface area contributed by atoms with Crippen LogP contribution in [-0.4, -0.2) is 34.8 Å². The van der Waals surface area contributed by atoms with Gasteiger partial charge in [-0.3, -0.25) is 14.6 Å². The molecule has 0 saturated carbocycles. The third-order valence-electron chi connectivity index (χ3n) is 5.29. The molecule has 1 saturated heterocycles. The van der Waals surface area contributed by atoms with Crippen LogP contribution in [0.25, 0.3) is 10.8 Å². The Morgan fingerprint density at radius 3 is 2.79 bits per heavy atom. The summed E-state index contributed by atoms with van der Waals surface area (Å²) in [5.74, 6) is -0.176. The molecule has 5 heteroatoms. The van der Waals surface area contributed by atoms with Gasteiger partial charge in [0.15, 0.2) is 0 Å². The summed E-state index contributed by atoms with van der Waals surface area (Å²) in [5.41, 5.74) is 1.67. The highest BCUT2D eigenvalue weighted by atomic mass is 16.2. The number of hydrogen-bond donors (Lipinski definition) is 1. The van der Waals surface area contributed by atoms with E-state index in [9.17, 15) is 9.59 Å². The summed E-state index contributed by atoms with van der Waals surface area (Å²) in [6.07, 6.45) is 5.10. The van der Waals surface area contributed by atoms with E-state index in [1.165, 1.54) is 0 Å². The molecule has 3 aromatic rings. The van der Waals surface area contributed by atoms with Gasteiger partial charge in [-0.05, 0) is 41.3 Å². The van der Waals surface area contributed by atoms with Crippen LogP contribution in [0.1, 0.15) is 28.8 Å². The van der Waals surface area contributed by atoms with Gasteiger partial charge in [0.2, 0.25) is 5.91 Å². The Kier molecular flexibility index (Phi) is 5.33. The zero-order chi connectivity index (χ0) is 19.3. The zero-order valence-electron chi connectivity index (χ0n) is 15.7. The fraction of sp³-hybridized carbons (Fsp3) is 0.261. The smallest absolute Gasteiger partial charge is 0.254 e. The van der Waals surface area contributed by atoms with E-state index < -0.39 is 0 Å². The number of likely N-dealkylation sites (tertiary alicyclic amines) is 1. The Morgan fingerprint density at radius 2 is 1.93 bits per heavy atom. The third-order valence-corrected chi connectivity index (χ3v) is 5.29. The maximum absolute atomic E-state index is 13.1. The molecule has 5 nitrogen and oxygen atoms in total. The maximum Gasteiger partial charge on any atom is 0.254 e. The highest BCUT2D eigenvalue weighted by molar-refractivity contribution is 6.07. The molecule has 0 spiro atoms. The van der Waals surface area contributed by atoms with Crippen molar-refractivity contribution in [1.82, 2.24) is 15.2 Å². The van der Waals surface area contributed by atoms with Gasteiger partial charge in [0.25, 0.3) is 5.91 Å². The summed E-state index contributed by atoms with van der Waals surface area (Å²) in [4.78, 5) is 31.6. The van der Waals surface area contributed by atoms with Crippen molar-refractivity contribution >= 4 is 22.6 Å². The van der Waals surface area contributed by atoms with E-state index in [4.69, 9.17) is 0 Å². The molecule has 2 amide bonds. The molecule has 1 aromatic heterocycles. The van der Waals surface area contributed by atoms with Crippen molar-refractivity contribution in [3.63, 3.8) is 0 Å². The van der Waals surface area contributed by atoms with Crippen molar-refractivity contribution in [1.29, 1.82) is 0 Å². The van der Waals surface area contributed by atoms with Gasteiger partial charge >= 0.3 is 0 Å². The van der Waals surface area contributed by atoms with E-state index in [0.717, 1.165) is 29.2 Å².